The summed E-state index contributed by atoms with van der Waals surface area (Å²) in [6, 6.07) is 0. The van der Waals surface area contributed by atoms with Crippen molar-refractivity contribution >= 4 is 0 Å². The van der Waals surface area contributed by atoms with Gasteiger partial charge in [-0.25, -0.2) is 0 Å². The van der Waals surface area contributed by atoms with Gasteiger partial charge in [-0.15, -0.1) is 0 Å². The SMILES string of the molecule is C[C@H]1CCCC[C@H]1OCCNCC1CCN(CCO)CC1. The van der Waals surface area contributed by atoms with Crippen molar-refractivity contribution in [3.63, 3.8) is 0 Å². The lowest BCUT2D eigenvalue weighted by molar-refractivity contribution is -0.00351. The first-order chi connectivity index (χ1) is 10.3. The molecule has 0 unspecified atom stereocenters. The lowest BCUT2D eigenvalue weighted by Gasteiger charge is -2.31. The number of aliphatic hydroxyl groups excluding tert-OH is 1. The van der Waals surface area contributed by atoms with E-state index in [9.17, 15) is 0 Å². The van der Waals surface area contributed by atoms with Crippen molar-refractivity contribution in [3.8, 4) is 0 Å². The van der Waals surface area contributed by atoms with Crippen LogP contribution in [0.4, 0.5) is 0 Å². The zero-order valence-corrected chi connectivity index (χ0v) is 13.7. The summed E-state index contributed by atoms with van der Waals surface area (Å²) in [4.78, 5) is 2.37. The first kappa shape index (κ1) is 17.2. The van der Waals surface area contributed by atoms with Crippen molar-refractivity contribution in [2.45, 2.75) is 51.6 Å². The van der Waals surface area contributed by atoms with Crippen LogP contribution in [0.15, 0.2) is 0 Å². The molecule has 2 rings (SSSR count). The summed E-state index contributed by atoms with van der Waals surface area (Å²) < 4.78 is 6.04. The molecule has 0 aromatic carbocycles. The van der Waals surface area contributed by atoms with E-state index in [4.69, 9.17) is 9.84 Å². The van der Waals surface area contributed by atoms with Crippen LogP contribution in [0, 0.1) is 11.8 Å². The van der Waals surface area contributed by atoms with Crippen LogP contribution in [0.2, 0.25) is 0 Å². The van der Waals surface area contributed by atoms with Gasteiger partial charge in [-0.3, -0.25) is 0 Å². The van der Waals surface area contributed by atoms with E-state index in [0.29, 0.717) is 12.7 Å². The zero-order valence-electron chi connectivity index (χ0n) is 13.7. The van der Waals surface area contributed by atoms with E-state index in [1.165, 1.54) is 38.5 Å². The number of hydrogen-bond acceptors (Lipinski definition) is 4. The number of nitrogens with one attached hydrogen (secondary N) is 1. The molecule has 4 nitrogen and oxygen atoms in total. The predicted octanol–water partition coefficient (Wildman–Crippen LogP) is 1.88. The molecule has 0 aromatic rings. The number of rotatable bonds is 8. The molecule has 1 saturated heterocycles. The molecule has 2 aliphatic rings. The number of nitrogens with zero attached hydrogens (tertiary/aromatic N) is 1. The van der Waals surface area contributed by atoms with Crippen LogP contribution in [0.5, 0.6) is 0 Å². The fourth-order valence-electron chi connectivity index (χ4n) is 3.67. The highest BCUT2D eigenvalue weighted by molar-refractivity contribution is 4.74. The molecule has 0 amide bonds. The highest BCUT2D eigenvalue weighted by atomic mass is 16.5. The summed E-state index contributed by atoms with van der Waals surface area (Å²) in [5.74, 6) is 1.54. The van der Waals surface area contributed by atoms with Gasteiger partial charge in [-0.05, 0) is 57.2 Å². The molecule has 1 heterocycles. The Morgan fingerprint density at radius 1 is 1.14 bits per heavy atom. The van der Waals surface area contributed by atoms with Gasteiger partial charge in [0.25, 0.3) is 0 Å². The summed E-state index contributed by atoms with van der Waals surface area (Å²) in [5, 5.41) is 12.5. The largest absolute Gasteiger partial charge is 0.395 e. The van der Waals surface area contributed by atoms with Crippen LogP contribution in [0.3, 0.4) is 0 Å². The Morgan fingerprint density at radius 3 is 2.62 bits per heavy atom. The smallest absolute Gasteiger partial charge is 0.0601 e. The van der Waals surface area contributed by atoms with Crippen LogP contribution < -0.4 is 5.32 Å². The summed E-state index contributed by atoms with van der Waals surface area (Å²) in [6.45, 7) is 8.71. The lowest BCUT2D eigenvalue weighted by atomic mass is 9.88. The number of hydrogen-bond donors (Lipinski definition) is 2. The molecule has 0 spiro atoms. The Hall–Kier alpha value is -0.160. The van der Waals surface area contributed by atoms with Gasteiger partial charge in [0.05, 0.1) is 19.3 Å². The maximum Gasteiger partial charge on any atom is 0.0601 e. The molecule has 2 fully saturated rings. The minimum Gasteiger partial charge on any atom is -0.395 e. The van der Waals surface area contributed by atoms with E-state index in [2.05, 4.69) is 17.1 Å². The van der Waals surface area contributed by atoms with Crippen molar-refractivity contribution in [1.29, 1.82) is 0 Å². The van der Waals surface area contributed by atoms with Crippen LogP contribution in [-0.4, -0.2) is 62.0 Å². The van der Waals surface area contributed by atoms with Crippen LogP contribution in [0.1, 0.15) is 45.4 Å². The van der Waals surface area contributed by atoms with Gasteiger partial charge in [0.1, 0.15) is 0 Å². The maximum absolute atomic E-state index is 8.94. The summed E-state index contributed by atoms with van der Waals surface area (Å²) in [6.07, 6.45) is 8.33. The Morgan fingerprint density at radius 2 is 1.90 bits per heavy atom. The average molecular weight is 298 g/mol. The molecule has 0 bridgehead atoms. The standard InChI is InChI=1S/C17H34N2O2/c1-15-4-2-3-5-17(15)21-13-8-18-14-16-6-9-19(10-7-16)11-12-20/h15-18,20H,2-14H2,1H3/t15-,17+/m0/s1. The lowest BCUT2D eigenvalue weighted by Crippen LogP contribution is -2.39. The van der Waals surface area contributed by atoms with E-state index in [1.54, 1.807) is 0 Å². The topological polar surface area (TPSA) is 44.7 Å². The molecule has 21 heavy (non-hydrogen) atoms. The van der Waals surface area contributed by atoms with Gasteiger partial charge in [0.15, 0.2) is 0 Å². The quantitative estimate of drug-likeness (QED) is 0.672. The molecule has 124 valence electrons. The van der Waals surface area contributed by atoms with E-state index >= 15 is 0 Å². The minimum absolute atomic E-state index is 0.292. The van der Waals surface area contributed by atoms with Gasteiger partial charge in [0, 0.05) is 13.1 Å². The Bertz CT molecular complexity index is 268. The average Bonchev–Trinajstić information content (AvgIpc) is 2.51. The monoisotopic (exact) mass is 298 g/mol. The minimum atomic E-state index is 0.292. The van der Waals surface area contributed by atoms with Crippen molar-refractivity contribution < 1.29 is 9.84 Å². The fourth-order valence-corrected chi connectivity index (χ4v) is 3.67. The fraction of sp³-hybridized carbons (Fsp3) is 1.00. The predicted molar refractivity (Wildman–Crippen MR) is 86.5 cm³/mol. The highest BCUT2D eigenvalue weighted by Gasteiger charge is 2.21. The normalized spacial score (nSPS) is 28.9. The molecular formula is C17H34N2O2. The summed E-state index contributed by atoms with van der Waals surface area (Å²) >= 11 is 0. The second kappa shape index (κ2) is 9.78. The molecule has 2 N–H and O–H groups in total. The Balaban J connectivity index is 1.47. The van der Waals surface area contributed by atoms with Gasteiger partial charge < -0.3 is 20.1 Å². The summed E-state index contributed by atoms with van der Waals surface area (Å²) in [7, 11) is 0. The third-order valence-electron chi connectivity index (χ3n) is 5.20. The Kier molecular flexibility index (Phi) is 8.01. The number of aliphatic hydroxyl groups is 1. The number of ether oxygens (including phenoxy) is 1. The van der Waals surface area contributed by atoms with Crippen LogP contribution in [0.25, 0.3) is 0 Å². The third-order valence-corrected chi connectivity index (χ3v) is 5.20. The second-order valence-electron chi connectivity index (χ2n) is 6.88. The van der Waals surface area contributed by atoms with Crippen LogP contribution in [-0.2, 0) is 4.74 Å². The van der Waals surface area contributed by atoms with Gasteiger partial charge in [0.2, 0.25) is 0 Å². The number of piperidine rings is 1. The molecule has 0 radical (unpaired) electrons. The van der Waals surface area contributed by atoms with E-state index in [-0.39, 0.29) is 0 Å². The third kappa shape index (κ3) is 6.23. The molecular weight excluding hydrogens is 264 g/mol. The van der Waals surface area contributed by atoms with Crippen LogP contribution >= 0.6 is 0 Å². The highest BCUT2D eigenvalue weighted by Crippen LogP contribution is 2.26. The van der Waals surface area contributed by atoms with Gasteiger partial charge >= 0.3 is 0 Å². The molecule has 1 saturated carbocycles. The zero-order chi connectivity index (χ0) is 14.9. The van der Waals surface area contributed by atoms with Crippen molar-refractivity contribution in [2.75, 3.05) is 45.9 Å². The van der Waals surface area contributed by atoms with Crippen molar-refractivity contribution in [3.05, 3.63) is 0 Å². The molecule has 1 aliphatic heterocycles. The van der Waals surface area contributed by atoms with Gasteiger partial charge in [-0.2, -0.15) is 0 Å². The van der Waals surface area contributed by atoms with E-state index < -0.39 is 0 Å². The molecule has 0 aromatic heterocycles. The molecule has 1 aliphatic carbocycles. The Labute approximate surface area is 130 Å². The first-order valence-electron chi connectivity index (χ1n) is 8.95. The number of likely N-dealkylation sites (tertiary alicyclic amines) is 1. The maximum atomic E-state index is 8.94. The summed E-state index contributed by atoms with van der Waals surface area (Å²) in [5.41, 5.74) is 0. The number of β-amino-alcohol motifs (C(OH)–C–C–N with tert-alkyl or cyclic N) is 1. The first-order valence-corrected chi connectivity index (χ1v) is 8.95. The second-order valence-corrected chi connectivity index (χ2v) is 6.88. The molecule has 4 heteroatoms. The molecule has 2 atom stereocenters. The van der Waals surface area contributed by atoms with Gasteiger partial charge in [-0.1, -0.05) is 19.8 Å². The van der Waals surface area contributed by atoms with Crippen molar-refractivity contribution in [2.24, 2.45) is 11.8 Å². The van der Waals surface area contributed by atoms with E-state index in [0.717, 1.165) is 51.2 Å². The van der Waals surface area contributed by atoms with E-state index in [1.807, 2.05) is 0 Å². The van der Waals surface area contributed by atoms with Crippen molar-refractivity contribution in [1.82, 2.24) is 10.2 Å².